The minimum atomic E-state index is 1.02. The predicted molar refractivity (Wildman–Crippen MR) is 60.7 cm³/mol. The Morgan fingerprint density at radius 1 is 1.21 bits per heavy atom. The molecule has 0 aliphatic rings. The lowest BCUT2D eigenvalue weighted by molar-refractivity contribution is 1.07. The number of thiazole rings is 1. The van der Waals surface area contributed by atoms with Gasteiger partial charge in [0.15, 0.2) is 0 Å². The average molecular weight is 203 g/mol. The molecule has 0 atom stereocenters. The van der Waals surface area contributed by atoms with Crippen LogP contribution in [0.5, 0.6) is 0 Å². The molecule has 0 radical (unpaired) electrons. The number of aryl methyl sites for hydroxylation is 1. The summed E-state index contributed by atoms with van der Waals surface area (Å²) >= 11 is 1.73. The molecule has 1 nitrogen and oxygen atoms in total. The zero-order chi connectivity index (χ0) is 9.80. The van der Waals surface area contributed by atoms with Gasteiger partial charge in [-0.1, -0.05) is 31.2 Å². The first kappa shape index (κ1) is 9.41. The van der Waals surface area contributed by atoms with Crippen LogP contribution < -0.4 is 0 Å². The van der Waals surface area contributed by atoms with Gasteiger partial charge < -0.3 is 0 Å². The molecule has 1 heterocycles. The van der Waals surface area contributed by atoms with Crippen molar-refractivity contribution in [1.82, 2.24) is 4.98 Å². The SMILES string of the molecule is CCc1ccccc1Cc1cncs1. The highest BCUT2D eigenvalue weighted by molar-refractivity contribution is 7.09. The molecular formula is C12H13NS. The molecule has 2 aromatic rings. The van der Waals surface area contributed by atoms with Gasteiger partial charge in [0.25, 0.3) is 0 Å². The lowest BCUT2D eigenvalue weighted by Gasteiger charge is -2.05. The van der Waals surface area contributed by atoms with E-state index in [0.717, 1.165) is 12.8 Å². The van der Waals surface area contributed by atoms with Gasteiger partial charge in [-0.15, -0.1) is 11.3 Å². The van der Waals surface area contributed by atoms with Crippen molar-refractivity contribution < 1.29 is 0 Å². The first-order chi connectivity index (χ1) is 6.90. The fourth-order valence-corrected chi connectivity index (χ4v) is 2.21. The molecule has 0 amide bonds. The fraction of sp³-hybridized carbons (Fsp3) is 0.250. The van der Waals surface area contributed by atoms with Crippen molar-refractivity contribution >= 4 is 11.3 Å². The maximum atomic E-state index is 4.09. The monoisotopic (exact) mass is 203 g/mol. The van der Waals surface area contributed by atoms with E-state index < -0.39 is 0 Å². The summed E-state index contributed by atoms with van der Waals surface area (Å²) < 4.78 is 0. The number of hydrogen-bond donors (Lipinski definition) is 0. The van der Waals surface area contributed by atoms with E-state index in [2.05, 4.69) is 36.2 Å². The van der Waals surface area contributed by atoms with Gasteiger partial charge in [0.1, 0.15) is 0 Å². The minimum Gasteiger partial charge on any atom is -0.253 e. The number of aromatic nitrogens is 1. The Bertz CT molecular complexity index is 392. The zero-order valence-corrected chi connectivity index (χ0v) is 9.05. The highest BCUT2D eigenvalue weighted by atomic mass is 32.1. The molecule has 0 unspecified atom stereocenters. The molecule has 2 rings (SSSR count). The molecule has 0 fully saturated rings. The molecule has 0 bridgehead atoms. The van der Waals surface area contributed by atoms with Gasteiger partial charge in [-0.3, -0.25) is 4.98 Å². The third-order valence-electron chi connectivity index (χ3n) is 2.35. The zero-order valence-electron chi connectivity index (χ0n) is 8.23. The summed E-state index contributed by atoms with van der Waals surface area (Å²) in [5, 5.41) is 0. The normalized spacial score (nSPS) is 10.4. The second-order valence-electron chi connectivity index (χ2n) is 3.27. The highest BCUT2D eigenvalue weighted by Gasteiger charge is 2.01. The molecule has 1 aromatic carbocycles. The summed E-state index contributed by atoms with van der Waals surface area (Å²) in [4.78, 5) is 5.43. The summed E-state index contributed by atoms with van der Waals surface area (Å²) in [5.41, 5.74) is 4.77. The second-order valence-corrected chi connectivity index (χ2v) is 4.24. The van der Waals surface area contributed by atoms with Gasteiger partial charge in [-0.05, 0) is 17.5 Å². The van der Waals surface area contributed by atoms with Crippen LogP contribution in [0.4, 0.5) is 0 Å². The Morgan fingerprint density at radius 2 is 2.00 bits per heavy atom. The van der Waals surface area contributed by atoms with Crippen molar-refractivity contribution in [3.8, 4) is 0 Å². The average Bonchev–Trinajstić information content (AvgIpc) is 2.71. The van der Waals surface area contributed by atoms with Crippen LogP contribution in [0.25, 0.3) is 0 Å². The van der Waals surface area contributed by atoms with Crippen molar-refractivity contribution in [2.45, 2.75) is 19.8 Å². The summed E-state index contributed by atoms with van der Waals surface area (Å²) in [6.07, 6.45) is 4.08. The summed E-state index contributed by atoms with van der Waals surface area (Å²) in [6.45, 7) is 2.20. The standard InChI is InChI=1S/C12H13NS/c1-2-10-5-3-4-6-11(10)7-12-8-13-9-14-12/h3-6,8-9H,2,7H2,1H3. The molecule has 0 N–H and O–H groups in total. The lowest BCUT2D eigenvalue weighted by Crippen LogP contribution is -1.91. The highest BCUT2D eigenvalue weighted by Crippen LogP contribution is 2.16. The topological polar surface area (TPSA) is 12.9 Å². The second kappa shape index (κ2) is 4.38. The molecule has 0 saturated carbocycles. The van der Waals surface area contributed by atoms with Crippen LogP contribution in [0.15, 0.2) is 36.0 Å². The van der Waals surface area contributed by atoms with Crippen LogP contribution in [-0.4, -0.2) is 4.98 Å². The number of benzene rings is 1. The molecule has 1 aromatic heterocycles. The van der Waals surface area contributed by atoms with E-state index in [-0.39, 0.29) is 0 Å². The first-order valence-electron chi connectivity index (χ1n) is 4.84. The molecule has 14 heavy (non-hydrogen) atoms. The molecule has 0 aliphatic carbocycles. The molecular weight excluding hydrogens is 190 g/mol. The van der Waals surface area contributed by atoms with Crippen molar-refractivity contribution in [3.05, 3.63) is 52.0 Å². The molecule has 0 spiro atoms. The van der Waals surface area contributed by atoms with Gasteiger partial charge >= 0.3 is 0 Å². The Morgan fingerprint density at radius 3 is 2.64 bits per heavy atom. The van der Waals surface area contributed by atoms with Gasteiger partial charge in [0, 0.05) is 17.5 Å². The van der Waals surface area contributed by atoms with Crippen LogP contribution in [0, 0.1) is 0 Å². The third kappa shape index (κ3) is 2.02. The number of nitrogens with zero attached hydrogens (tertiary/aromatic N) is 1. The van der Waals surface area contributed by atoms with Crippen molar-refractivity contribution in [2.24, 2.45) is 0 Å². The summed E-state index contributed by atoms with van der Waals surface area (Å²) in [5.74, 6) is 0. The Kier molecular flexibility index (Phi) is 2.94. The maximum absolute atomic E-state index is 4.09. The largest absolute Gasteiger partial charge is 0.253 e. The van der Waals surface area contributed by atoms with Crippen LogP contribution in [0.3, 0.4) is 0 Å². The van der Waals surface area contributed by atoms with Gasteiger partial charge in [-0.2, -0.15) is 0 Å². The number of hydrogen-bond acceptors (Lipinski definition) is 2. The predicted octanol–water partition coefficient (Wildman–Crippen LogP) is 3.30. The van der Waals surface area contributed by atoms with E-state index in [1.165, 1.54) is 16.0 Å². The van der Waals surface area contributed by atoms with Gasteiger partial charge in [0.2, 0.25) is 0 Å². The molecule has 0 aliphatic heterocycles. The Labute approximate surface area is 88.4 Å². The minimum absolute atomic E-state index is 1.02. The van der Waals surface area contributed by atoms with Crippen LogP contribution in [0.1, 0.15) is 22.9 Å². The quantitative estimate of drug-likeness (QED) is 0.746. The van der Waals surface area contributed by atoms with E-state index in [9.17, 15) is 0 Å². The van der Waals surface area contributed by atoms with Crippen LogP contribution in [-0.2, 0) is 12.8 Å². The van der Waals surface area contributed by atoms with Crippen LogP contribution in [0.2, 0.25) is 0 Å². The Hall–Kier alpha value is -1.15. The smallest absolute Gasteiger partial charge is 0.0794 e. The van der Waals surface area contributed by atoms with Gasteiger partial charge in [-0.25, -0.2) is 0 Å². The third-order valence-corrected chi connectivity index (χ3v) is 3.13. The Balaban J connectivity index is 2.24. The van der Waals surface area contributed by atoms with Crippen LogP contribution >= 0.6 is 11.3 Å². The van der Waals surface area contributed by atoms with E-state index >= 15 is 0 Å². The fourth-order valence-electron chi connectivity index (χ4n) is 1.59. The van der Waals surface area contributed by atoms with E-state index in [0.29, 0.717) is 0 Å². The number of rotatable bonds is 3. The van der Waals surface area contributed by atoms with E-state index in [1.807, 2.05) is 11.7 Å². The molecule has 0 saturated heterocycles. The summed E-state index contributed by atoms with van der Waals surface area (Å²) in [7, 11) is 0. The van der Waals surface area contributed by atoms with Crippen molar-refractivity contribution in [2.75, 3.05) is 0 Å². The van der Waals surface area contributed by atoms with E-state index in [1.54, 1.807) is 11.3 Å². The summed E-state index contributed by atoms with van der Waals surface area (Å²) in [6, 6.07) is 8.62. The maximum Gasteiger partial charge on any atom is 0.0794 e. The lowest BCUT2D eigenvalue weighted by atomic mass is 10.0. The molecule has 2 heteroatoms. The van der Waals surface area contributed by atoms with Crippen molar-refractivity contribution in [1.29, 1.82) is 0 Å². The van der Waals surface area contributed by atoms with Gasteiger partial charge in [0.05, 0.1) is 5.51 Å². The van der Waals surface area contributed by atoms with Crippen molar-refractivity contribution in [3.63, 3.8) is 0 Å². The van der Waals surface area contributed by atoms with E-state index in [4.69, 9.17) is 0 Å². The molecule has 72 valence electrons. The first-order valence-corrected chi connectivity index (χ1v) is 5.72.